The topological polar surface area (TPSA) is 61.6 Å². The minimum Gasteiger partial charge on any atom is -0.393 e. The van der Waals surface area contributed by atoms with E-state index in [0.29, 0.717) is 11.0 Å². The van der Waals surface area contributed by atoms with Crippen molar-refractivity contribution in [2.45, 2.75) is 19.4 Å². The molecule has 1 aliphatic heterocycles. The lowest BCUT2D eigenvalue weighted by Crippen LogP contribution is -2.40. The van der Waals surface area contributed by atoms with Crippen LogP contribution in [-0.4, -0.2) is 60.1 Å². The first kappa shape index (κ1) is 13.2. The second kappa shape index (κ2) is 6.00. The lowest BCUT2D eigenvalue weighted by Gasteiger charge is -2.26. The van der Waals surface area contributed by atoms with Crippen molar-refractivity contribution in [3.63, 3.8) is 0 Å². The van der Waals surface area contributed by atoms with Crippen LogP contribution in [0.4, 0.5) is 4.79 Å². The van der Waals surface area contributed by atoms with E-state index in [1.54, 1.807) is 0 Å². The molecule has 0 spiro atoms. The van der Waals surface area contributed by atoms with E-state index in [4.69, 9.17) is 18.0 Å². The van der Waals surface area contributed by atoms with Gasteiger partial charge in [0.15, 0.2) is 0 Å². The van der Waals surface area contributed by atoms with E-state index >= 15 is 0 Å². The van der Waals surface area contributed by atoms with E-state index in [0.717, 1.165) is 32.6 Å². The number of nitrogens with zero attached hydrogens (tertiary/aromatic N) is 2. The Morgan fingerprint density at radius 2 is 2.44 bits per heavy atom. The number of carbonyl (C=O) groups is 1. The number of nitrogens with one attached hydrogen (secondary N) is 1. The zero-order valence-corrected chi connectivity index (χ0v) is 10.7. The maximum Gasteiger partial charge on any atom is 0.317 e. The SMILES string of the molecule is CC(CC(N)=S)N(C)CCN1CCNC1=O. The molecule has 0 bridgehead atoms. The summed E-state index contributed by atoms with van der Waals surface area (Å²) in [4.78, 5) is 15.8. The zero-order chi connectivity index (χ0) is 12.1. The number of rotatable bonds is 6. The number of hydrogen-bond acceptors (Lipinski definition) is 3. The molecular formula is C10H20N4OS. The number of thiocarbonyl (C=S) groups is 1. The summed E-state index contributed by atoms with van der Waals surface area (Å²) in [5, 5.41) is 2.78. The molecule has 1 unspecified atom stereocenters. The summed E-state index contributed by atoms with van der Waals surface area (Å²) in [7, 11) is 2.02. The van der Waals surface area contributed by atoms with Crippen molar-refractivity contribution in [3.8, 4) is 0 Å². The van der Waals surface area contributed by atoms with E-state index < -0.39 is 0 Å². The summed E-state index contributed by atoms with van der Waals surface area (Å²) in [6.45, 7) is 5.24. The van der Waals surface area contributed by atoms with Crippen molar-refractivity contribution in [1.29, 1.82) is 0 Å². The Kier molecular flexibility index (Phi) is 4.95. The second-order valence-electron chi connectivity index (χ2n) is 4.22. The molecule has 1 fully saturated rings. The molecule has 2 amide bonds. The largest absolute Gasteiger partial charge is 0.393 e. The summed E-state index contributed by atoms with van der Waals surface area (Å²) in [6, 6.07) is 0.360. The van der Waals surface area contributed by atoms with Crippen molar-refractivity contribution in [1.82, 2.24) is 15.1 Å². The first-order valence-electron chi connectivity index (χ1n) is 5.52. The predicted molar refractivity (Wildman–Crippen MR) is 68.5 cm³/mol. The molecule has 0 aromatic carbocycles. The molecule has 1 aliphatic rings. The van der Waals surface area contributed by atoms with E-state index in [1.165, 1.54) is 0 Å². The van der Waals surface area contributed by atoms with Crippen molar-refractivity contribution in [2.24, 2.45) is 5.73 Å². The minimum absolute atomic E-state index is 0.0374. The van der Waals surface area contributed by atoms with Gasteiger partial charge in [-0.15, -0.1) is 0 Å². The van der Waals surface area contributed by atoms with Crippen LogP contribution in [0.3, 0.4) is 0 Å². The molecule has 0 saturated carbocycles. The fraction of sp³-hybridized carbons (Fsp3) is 0.800. The van der Waals surface area contributed by atoms with Crippen LogP contribution in [0.5, 0.6) is 0 Å². The van der Waals surface area contributed by atoms with Gasteiger partial charge in [-0.3, -0.25) is 0 Å². The molecule has 5 nitrogen and oxygen atoms in total. The van der Waals surface area contributed by atoms with Gasteiger partial charge in [-0.2, -0.15) is 0 Å². The molecule has 1 atom stereocenters. The van der Waals surface area contributed by atoms with Gasteiger partial charge in [-0.25, -0.2) is 4.79 Å². The third-order valence-corrected chi connectivity index (χ3v) is 3.08. The quantitative estimate of drug-likeness (QED) is 0.646. The van der Waals surface area contributed by atoms with Crippen molar-refractivity contribution >= 4 is 23.2 Å². The number of amides is 2. The summed E-state index contributed by atoms with van der Waals surface area (Å²) < 4.78 is 0. The van der Waals surface area contributed by atoms with E-state index in [2.05, 4.69) is 17.1 Å². The highest BCUT2D eigenvalue weighted by Gasteiger charge is 2.20. The summed E-state index contributed by atoms with van der Waals surface area (Å²) in [5.41, 5.74) is 5.50. The second-order valence-corrected chi connectivity index (χ2v) is 4.74. The fourth-order valence-electron chi connectivity index (χ4n) is 1.67. The Bertz CT molecular complexity index is 272. The number of likely N-dealkylation sites (N-methyl/N-ethyl adjacent to an activating group) is 1. The van der Waals surface area contributed by atoms with E-state index in [1.807, 2.05) is 11.9 Å². The van der Waals surface area contributed by atoms with Gasteiger partial charge in [0.1, 0.15) is 0 Å². The molecule has 16 heavy (non-hydrogen) atoms. The molecule has 0 aliphatic carbocycles. The average Bonchev–Trinajstić information content (AvgIpc) is 2.59. The number of hydrogen-bond donors (Lipinski definition) is 2. The third kappa shape index (κ3) is 3.94. The molecule has 1 heterocycles. The van der Waals surface area contributed by atoms with Crippen LogP contribution >= 0.6 is 12.2 Å². The highest BCUT2D eigenvalue weighted by atomic mass is 32.1. The van der Waals surface area contributed by atoms with Crippen LogP contribution in [0.1, 0.15) is 13.3 Å². The molecule has 0 aromatic heterocycles. The Hall–Kier alpha value is -0.880. The molecule has 1 rings (SSSR count). The van der Waals surface area contributed by atoms with Crippen LogP contribution in [-0.2, 0) is 0 Å². The maximum absolute atomic E-state index is 11.3. The predicted octanol–water partition coefficient (Wildman–Crippen LogP) is 0.00810. The molecule has 0 aromatic rings. The first-order chi connectivity index (χ1) is 7.50. The Balaban J connectivity index is 2.26. The molecule has 0 radical (unpaired) electrons. The monoisotopic (exact) mass is 244 g/mol. The average molecular weight is 244 g/mol. The van der Waals surface area contributed by atoms with Crippen molar-refractivity contribution in [2.75, 3.05) is 33.2 Å². The Morgan fingerprint density at radius 3 is 2.94 bits per heavy atom. The van der Waals surface area contributed by atoms with Gasteiger partial charge >= 0.3 is 6.03 Å². The number of nitrogens with two attached hydrogens (primary N) is 1. The number of carbonyl (C=O) groups excluding carboxylic acids is 1. The van der Waals surface area contributed by atoms with E-state index in [9.17, 15) is 4.79 Å². The van der Waals surface area contributed by atoms with Gasteiger partial charge in [0.25, 0.3) is 0 Å². The maximum atomic E-state index is 11.3. The lowest BCUT2D eigenvalue weighted by molar-refractivity contribution is 0.198. The van der Waals surface area contributed by atoms with Gasteiger partial charge in [-0.1, -0.05) is 12.2 Å². The fourth-order valence-corrected chi connectivity index (χ4v) is 1.91. The normalized spacial score (nSPS) is 17.7. The van der Waals surface area contributed by atoms with Gasteiger partial charge in [-0.05, 0) is 14.0 Å². The van der Waals surface area contributed by atoms with Crippen LogP contribution in [0.15, 0.2) is 0 Å². The van der Waals surface area contributed by atoms with Crippen LogP contribution in [0.25, 0.3) is 0 Å². The third-order valence-electron chi connectivity index (χ3n) is 2.92. The van der Waals surface area contributed by atoms with Gasteiger partial charge in [0, 0.05) is 38.6 Å². The minimum atomic E-state index is 0.0374. The Labute approximate surface area is 102 Å². The number of urea groups is 1. The first-order valence-corrected chi connectivity index (χ1v) is 5.93. The van der Waals surface area contributed by atoms with Crippen LogP contribution < -0.4 is 11.1 Å². The van der Waals surface area contributed by atoms with Gasteiger partial charge in [0.2, 0.25) is 0 Å². The van der Waals surface area contributed by atoms with Crippen molar-refractivity contribution in [3.05, 3.63) is 0 Å². The highest BCUT2D eigenvalue weighted by Crippen LogP contribution is 2.03. The molecule has 92 valence electrons. The van der Waals surface area contributed by atoms with Gasteiger partial charge < -0.3 is 20.9 Å². The highest BCUT2D eigenvalue weighted by molar-refractivity contribution is 7.80. The van der Waals surface area contributed by atoms with E-state index in [-0.39, 0.29) is 6.03 Å². The van der Waals surface area contributed by atoms with Gasteiger partial charge in [0.05, 0.1) is 4.99 Å². The Morgan fingerprint density at radius 1 is 1.75 bits per heavy atom. The molecular weight excluding hydrogens is 224 g/mol. The summed E-state index contributed by atoms with van der Waals surface area (Å²) in [6.07, 6.45) is 0.720. The lowest BCUT2D eigenvalue weighted by atomic mass is 10.2. The molecule has 3 N–H and O–H groups in total. The molecule has 6 heteroatoms. The zero-order valence-electron chi connectivity index (χ0n) is 9.90. The molecule has 1 saturated heterocycles. The summed E-state index contributed by atoms with van der Waals surface area (Å²) in [5.74, 6) is 0. The smallest absolute Gasteiger partial charge is 0.317 e. The summed E-state index contributed by atoms with van der Waals surface area (Å²) >= 11 is 4.88. The van der Waals surface area contributed by atoms with Crippen LogP contribution in [0.2, 0.25) is 0 Å². The standard InChI is InChI=1S/C10H20N4OS/c1-8(7-9(11)16)13(2)5-6-14-4-3-12-10(14)15/h8H,3-7H2,1-2H3,(H2,11,16)(H,12,15). The van der Waals surface area contributed by atoms with Crippen molar-refractivity contribution < 1.29 is 4.79 Å². The van der Waals surface area contributed by atoms with Crippen LogP contribution in [0, 0.1) is 0 Å².